The Balaban J connectivity index is 1.45. The first-order valence-electron chi connectivity index (χ1n) is 9.85. The first-order valence-corrected chi connectivity index (χ1v) is 9.85. The minimum atomic E-state index is -4.35. The number of aromatic nitrogens is 4. The van der Waals surface area contributed by atoms with Gasteiger partial charge in [0.25, 0.3) is 0 Å². The van der Waals surface area contributed by atoms with E-state index in [0.717, 1.165) is 6.42 Å². The minimum absolute atomic E-state index is 0.147. The van der Waals surface area contributed by atoms with Crippen LogP contribution in [-0.4, -0.2) is 55.5 Å². The summed E-state index contributed by atoms with van der Waals surface area (Å²) in [5.74, 6) is -0.0681. The third-order valence-corrected chi connectivity index (χ3v) is 5.10. The molecule has 1 atom stereocenters. The Bertz CT molecular complexity index is 1080. The SMILES string of the molecule is O=C(CCC(F)(F)F)N1CCC[C@@H](Nc2ccnc(-c3cnc4ccc(F)cn34)n2)C1. The number of pyridine rings is 1. The van der Waals surface area contributed by atoms with Crippen LogP contribution in [0.3, 0.4) is 0 Å². The topological polar surface area (TPSA) is 75.4 Å². The van der Waals surface area contributed by atoms with Crippen molar-refractivity contribution in [2.45, 2.75) is 37.9 Å². The van der Waals surface area contributed by atoms with E-state index in [4.69, 9.17) is 0 Å². The van der Waals surface area contributed by atoms with Crippen molar-refractivity contribution < 1.29 is 22.4 Å². The van der Waals surface area contributed by atoms with Crippen LogP contribution >= 0.6 is 0 Å². The summed E-state index contributed by atoms with van der Waals surface area (Å²) in [5, 5.41) is 3.23. The number of amides is 1. The molecule has 0 radical (unpaired) electrons. The van der Waals surface area contributed by atoms with E-state index in [1.807, 2.05) is 0 Å². The summed E-state index contributed by atoms with van der Waals surface area (Å²) >= 11 is 0. The fourth-order valence-corrected chi connectivity index (χ4v) is 3.62. The van der Waals surface area contributed by atoms with E-state index in [-0.39, 0.29) is 6.04 Å². The molecular weight excluding hydrogens is 416 g/mol. The Kier molecular flexibility index (Phi) is 5.75. The molecule has 1 N–H and O–H groups in total. The largest absolute Gasteiger partial charge is 0.389 e. The van der Waals surface area contributed by atoms with Crippen LogP contribution in [-0.2, 0) is 4.79 Å². The fourth-order valence-electron chi connectivity index (χ4n) is 3.62. The Labute approximate surface area is 175 Å². The van der Waals surface area contributed by atoms with Crippen LogP contribution in [0, 0.1) is 5.82 Å². The van der Waals surface area contributed by atoms with E-state index >= 15 is 0 Å². The molecule has 4 heterocycles. The van der Waals surface area contributed by atoms with Crippen LogP contribution in [0.15, 0.2) is 36.8 Å². The number of fused-ring (bicyclic) bond motifs is 1. The Morgan fingerprint density at radius 3 is 2.87 bits per heavy atom. The second kappa shape index (κ2) is 8.48. The molecule has 1 aliphatic heterocycles. The van der Waals surface area contributed by atoms with Gasteiger partial charge in [-0.15, -0.1) is 0 Å². The van der Waals surface area contributed by atoms with Gasteiger partial charge < -0.3 is 10.2 Å². The molecule has 11 heteroatoms. The standard InChI is InChI=1S/C20H20F4N6O/c21-13-3-4-17-26-10-15(30(17)11-13)19-25-8-6-16(28-19)27-14-2-1-9-29(12-14)18(31)5-7-20(22,23)24/h3-4,6,8,10-11,14H,1-2,5,7,9,12H2,(H,25,27,28)/t14-/m1/s1. The second-order valence-electron chi connectivity index (χ2n) is 7.42. The Morgan fingerprint density at radius 1 is 1.23 bits per heavy atom. The van der Waals surface area contributed by atoms with Crippen molar-refractivity contribution in [2.75, 3.05) is 18.4 Å². The molecule has 164 valence electrons. The summed E-state index contributed by atoms with van der Waals surface area (Å²) in [6, 6.07) is 4.38. The lowest BCUT2D eigenvalue weighted by Gasteiger charge is -2.33. The van der Waals surface area contributed by atoms with Crippen molar-refractivity contribution in [2.24, 2.45) is 0 Å². The van der Waals surface area contributed by atoms with Gasteiger partial charge in [0.1, 0.15) is 23.0 Å². The molecule has 3 aromatic heterocycles. The number of rotatable bonds is 5. The molecular formula is C20H20F4N6O. The van der Waals surface area contributed by atoms with Crippen LogP contribution in [0.2, 0.25) is 0 Å². The summed E-state index contributed by atoms with van der Waals surface area (Å²) < 4.78 is 52.4. The van der Waals surface area contributed by atoms with Crippen molar-refractivity contribution in [3.8, 4) is 11.5 Å². The maximum atomic E-state index is 13.6. The summed E-state index contributed by atoms with van der Waals surface area (Å²) in [6.07, 6.45) is -0.167. The summed E-state index contributed by atoms with van der Waals surface area (Å²) in [7, 11) is 0. The molecule has 0 unspecified atom stereocenters. The highest BCUT2D eigenvalue weighted by molar-refractivity contribution is 5.76. The van der Waals surface area contributed by atoms with Gasteiger partial charge in [0, 0.05) is 37.9 Å². The number of halogens is 4. The van der Waals surface area contributed by atoms with Crippen molar-refractivity contribution in [1.82, 2.24) is 24.3 Å². The number of anilines is 1. The van der Waals surface area contributed by atoms with E-state index in [9.17, 15) is 22.4 Å². The first kappa shape index (κ1) is 21.0. The predicted molar refractivity (Wildman–Crippen MR) is 105 cm³/mol. The molecule has 0 saturated carbocycles. The number of hydrogen-bond acceptors (Lipinski definition) is 5. The van der Waals surface area contributed by atoms with E-state index in [2.05, 4.69) is 20.3 Å². The zero-order chi connectivity index (χ0) is 22.0. The number of nitrogens with zero attached hydrogens (tertiary/aromatic N) is 5. The highest BCUT2D eigenvalue weighted by atomic mass is 19.4. The number of piperidine rings is 1. The molecule has 4 rings (SSSR count). The lowest BCUT2D eigenvalue weighted by Crippen LogP contribution is -2.45. The quantitative estimate of drug-likeness (QED) is 0.618. The molecule has 31 heavy (non-hydrogen) atoms. The third-order valence-electron chi connectivity index (χ3n) is 5.10. The second-order valence-corrected chi connectivity index (χ2v) is 7.42. The van der Waals surface area contributed by atoms with E-state index in [1.165, 1.54) is 17.2 Å². The van der Waals surface area contributed by atoms with Crippen molar-refractivity contribution >= 4 is 17.4 Å². The average molecular weight is 436 g/mol. The molecule has 0 aromatic carbocycles. The minimum Gasteiger partial charge on any atom is -0.365 e. The molecule has 1 saturated heterocycles. The van der Waals surface area contributed by atoms with Gasteiger partial charge >= 0.3 is 6.18 Å². The van der Waals surface area contributed by atoms with Gasteiger partial charge in [0.15, 0.2) is 5.82 Å². The smallest absolute Gasteiger partial charge is 0.365 e. The molecule has 0 aliphatic carbocycles. The molecule has 7 nitrogen and oxygen atoms in total. The molecule has 0 bridgehead atoms. The van der Waals surface area contributed by atoms with Crippen LogP contribution in [0.1, 0.15) is 25.7 Å². The number of alkyl halides is 3. The highest BCUT2D eigenvalue weighted by Crippen LogP contribution is 2.24. The first-order chi connectivity index (χ1) is 14.8. The van der Waals surface area contributed by atoms with E-state index < -0.39 is 30.7 Å². The molecule has 3 aromatic rings. The maximum absolute atomic E-state index is 13.6. The predicted octanol–water partition coefficient (Wildman–Crippen LogP) is 3.68. The van der Waals surface area contributed by atoms with Crippen LogP contribution < -0.4 is 5.32 Å². The maximum Gasteiger partial charge on any atom is 0.389 e. The zero-order valence-corrected chi connectivity index (χ0v) is 16.4. The van der Waals surface area contributed by atoms with Gasteiger partial charge in [-0.2, -0.15) is 13.2 Å². The zero-order valence-electron chi connectivity index (χ0n) is 16.4. The number of carbonyl (C=O) groups excluding carboxylic acids is 1. The highest BCUT2D eigenvalue weighted by Gasteiger charge is 2.30. The van der Waals surface area contributed by atoms with Crippen molar-refractivity contribution in [3.63, 3.8) is 0 Å². The fraction of sp³-hybridized carbons (Fsp3) is 0.400. The summed E-state index contributed by atoms with van der Waals surface area (Å²) in [4.78, 5) is 26.5. The van der Waals surface area contributed by atoms with Gasteiger partial charge in [-0.3, -0.25) is 9.20 Å². The lowest BCUT2D eigenvalue weighted by atomic mass is 10.0. The van der Waals surface area contributed by atoms with Crippen LogP contribution in [0.25, 0.3) is 17.2 Å². The lowest BCUT2D eigenvalue weighted by molar-refractivity contribution is -0.149. The number of hydrogen-bond donors (Lipinski definition) is 1. The third kappa shape index (κ3) is 5.09. The summed E-state index contributed by atoms with van der Waals surface area (Å²) in [6.45, 7) is 0.744. The van der Waals surface area contributed by atoms with Crippen LogP contribution in [0.4, 0.5) is 23.4 Å². The van der Waals surface area contributed by atoms with Crippen molar-refractivity contribution in [3.05, 3.63) is 42.6 Å². The average Bonchev–Trinajstić information content (AvgIpc) is 3.15. The number of imidazole rings is 1. The molecule has 1 fully saturated rings. The van der Waals surface area contributed by atoms with Crippen molar-refractivity contribution in [1.29, 1.82) is 0 Å². The molecule has 1 aliphatic rings. The number of likely N-dealkylation sites (tertiary alicyclic amines) is 1. The van der Waals surface area contributed by atoms with E-state index in [1.54, 1.807) is 28.9 Å². The van der Waals surface area contributed by atoms with Gasteiger partial charge in [0.2, 0.25) is 5.91 Å². The van der Waals surface area contributed by atoms with Crippen LogP contribution in [0.5, 0.6) is 0 Å². The monoisotopic (exact) mass is 436 g/mol. The normalized spacial score (nSPS) is 17.2. The van der Waals surface area contributed by atoms with Gasteiger partial charge in [0.05, 0.1) is 12.6 Å². The van der Waals surface area contributed by atoms with Gasteiger partial charge in [-0.25, -0.2) is 19.3 Å². The molecule has 1 amide bonds. The van der Waals surface area contributed by atoms with E-state index in [0.29, 0.717) is 42.5 Å². The Hall–Kier alpha value is -3.24. The number of nitrogens with one attached hydrogen (secondary N) is 1. The summed E-state index contributed by atoms with van der Waals surface area (Å²) in [5.41, 5.74) is 1.07. The molecule has 0 spiro atoms. The van der Waals surface area contributed by atoms with Gasteiger partial charge in [-0.05, 0) is 31.0 Å². The number of carbonyl (C=O) groups is 1. The van der Waals surface area contributed by atoms with Gasteiger partial charge in [-0.1, -0.05) is 0 Å². The Morgan fingerprint density at radius 2 is 2.06 bits per heavy atom.